The van der Waals surface area contributed by atoms with Crippen LogP contribution in [0.4, 0.5) is 9.18 Å². The fourth-order valence-electron chi connectivity index (χ4n) is 7.02. The van der Waals surface area contributed by atoms with Crippen molar-refractivity contribution >= 4 is 29.2 Å². The molecule has 2 saturated heterocycles. The van der Waals surface area contributed by atoms with Crippen molar-refractivity contribution < 1.29 is 28.2 Å². The highest BCUT2D eigenvalue weighted by Gasteiger charge is 2.30. The van der Waals surface area contributed by atoms with Crippen molar-refractivity contribution in [2.75, 3.05) is 46.9 Å². The SMILES string of the molecule is COc1cc(/C=C2/C(C)=C(CNC(=O)Cc3cccnc3)c3cc(F)ccc32)cc(OC)c1OC(=O)N1CCC(N2CCCCC2)CC1. The molecule has 2 fully saturated rings. The molecule has 2 amide bonds. The van der Waals surface area contributed by atoms with Crippen LogP contribution in [-0.2, 0) is 11.2 Å². The van der Waals surface area contributed by atoms with E-state index >= 15 is 0 Å². The molecule has 252 valence electrons. The number of nitrogens with zero attached hydrogens (tertiary/aromatic N) is 3. The third-order valence-electron chi connectivity index (χ3n) is 9.62. The van der Waals surface area contributed by atoms with Crippen molar-refractivity contribution in [1.29, 1.82) is 0 Å². The molecule has 0 saturated carbocycles. The smallest absolute Gasteiger partial charge is 0.415 e. The molecular weight excluding hydrogens is 611 g/mol. The molecule has 1 aromatic heterocycles. The number of carbonyl (C=O) groups excluding carboxylic acids is 2. The van der Waals surface area contributed by atoms with Crippen LogP contribution in [0.2, 0.25) is 0 Å². The molecule has 10 heteroatoms. The Morgan fingerprint density at radius 1 is 0.979 bits per heavy atom. The summed E-state index contributed by atoms with van der Waals surface area (Å²) in [4.78, 5) is 34.5. The van der Waals surface area contributed by atoms with Crippen LogP contribution in [0, 0.1) is 5.82 Å². The molecule has 3 aliphatic rings. The Morgan fingerprint density at radius 3 is 2.38 bits per heavy atom. The van der Waals surface area contributed by atoms with Gasteiger partial charge in [-0.25, -0.2) is 9.18 Å². The second-order valence-corrected chi connectivity index (χ2v) is 12.6. The van der Waals surface area contributed by atoms with E-state index in [-0.39, 0.29) is 30.4 Å². The van der Waals surface area contributed by atoms with Crippen LogP contribution in [0.25, 0.3) is 17.2 Å². The fourth-order valence-corrected chi connectivity index (χ4v) is 7.02. The molecule has 48 heavy (non-hydrogen) atoms. The van der Waals surface area contributed by atoms with E-state index in [0.717, 1.165) is 64.9 Å². The summed E-state index contributed by atoms with van der Waals surface area (Å²) >= 11 is 0. The molecule has 3 heterocycles. The van der Waals surface area contributed by atoms with E-state index < -0.39 is 6.09 Å². The second kappa shape index (κ2) is 15.0. The molecule has 0 bridgehead atoms. The quantitative estimate of drug-likeness (QED) is 0.287. The van der Waals surface area contributed by atoms with Gasteiger partial charge in [0.2, 0.25) is 11.7 Å². The summed E-state index contributed by atoms with van der Waals surface area (Å²) in [5.41, 5.74) is 5.78. The van der Waals surface area contributed by atoms with E-state index in [2.05, 4.69) is 15.2 Å². The molecule has 2 aromatic carbocycles. The van der Waals surface area contributed by atoms with Gasteiger partial charge in [-0.05, 0) is 121 Å². The summed E-state index contributed by atoms with van der Waals surface area (Å²) in [6.07, 6.45) is 10.8. The van der Waals surface area contributed by atoms with Gasteiger partial charge in [0.05, 0.1) is 20.6 Å². The van der Waals surface area contributed by atoms with E-state index in [1.807, 2.05) is 19.1 Å². The van der Waals surface area contributed by atoms with Gasteiger partial charge in [-0.3, -0.25) is 9.78 Å². The van der Waals surface area contributed by atoms with Gasteiger partial charge in [0.1, 0.15) is 5.82 Å². The van der Waals surface area contributed by atoms with Crippen LogP contribution in [0.15, 0.2) is 60.4 Å². The number of carbonyl (C=O) groups is 2. The van der Waals surface area contributed by atoms with Gasteiger partial charge in [-0.15, -0.1) is 0 Å². The number of fused-ring (bicyclic) bond motifs is 1. The maximum atomic E-state index is 14.5. The summed E-state index contributed by atoms with van der Waals surface area (Å²) in [5.74, 6) is 0.444. The maximum absolute atomic E-state index is 14.5. The van der Waals surface area contributed by atoms with Crippen molar-refractivity contribution in [2.24, 2.45) is 0 Å². The summed E-state index contributed by atoms with van der Waals surface area (Å²) in [6, 6.07) is 12.4. The number of allylic oxidation sites excluding steroid dienone is 2. The Bertz CT molecular complexity index is 1680. The number of ether oxygens (including phenoxy) is 3. The highest BCUT2D eigenvalue weighted by Crippen LogP contribution is 2.44. The summed E-state index contributed by atoms with van der Waals surface area (Å²) in [5, 5.41) is 2.99. The molecule has 0 unspecified atom stereocenters. The first-order chi connectivity index (χ1) is 23.3. The average Bonchev–Trinajstić information content (AvgIpc) is 3.37. The first-order valence-electron chi connectivity index (χ1n) is 16.7. The summed E-state index contributed by atoms with van der Waals surface area (Å²) < 4.78 is 31.8. The normalized spacial score (nSPS) is 17.8. The molecule has 2 aliphatic heterocycles. The standard InChI is InChI=1S/C38H43FN4O5/c1-25-31(30-10-9-28(39)22-32(30)33(25)24-41-36(44)21-26-8-7-13-40-23-26)18-27-19-34(46-2)37(35(20-27)47-3)48-38(45)43-16-11-29(12-17-43)42-14-5-4-6-15-42/h7-10,13,18-20,22-23,29H,4-6,11-12,14-17,21,24H2,1-3H3,(H,41,44)/b31-18-. The number of halogens is 1. The van der Waals surface area contributed by atoms with Crippen molar-refractivity contribution in [3.8, 4) is 17.2 Å². The van der Waals surface area contributed by atoms with Gasteiger partial charge in [-0.1, -0.05) is 18.6 Å². The number of piperidine rings is 2. The van der Waals surface area contributed by atoms with Crippen LogP contribution in [0.1, 0.15) is 61.3 Å². The molecular formula is C38H43FN4O5. The fraction of sp³-hybridized carbons (Fsp3) is 0.395. The minimum absolute atomic E-state index is 0.148. The van der Waals surface area contributed by atoms with Gasteiger partial charge in [0.25, 0.3) is 0 Å². The monoisotopic (exact) mass is 654 g/mol. The van der Waals surface area contributed by atoms with Gasteiger partial charge in [-0.2, -0.15) is 0 Å². The number of hydrogen-bond acceptors (Lipinski definition) is 7. The number of amides is 2. The zero-order chi connectivity index (χ0) is 33.6. The largest absolute Gasteiger partial charge is 0.493 e. The van der Waals surface area contributed by atoms with Crippen LogP contribution in [-0.4, -0.2) is 79.8 Å². The lowest BCUT2D eigenvalue weighted by Gasteiger charge is -2.39. The first kappa shape index (κ1) is 33.2. The number of pyridine rings is 1. The van der Waals surface area contributed by atoms with E-state index in [9.17, 15) is 14.0 Å². The van der Waals surface area contributed by atoms with E-state index in [1.54, 1.807) is 41.6 Å². The van der Waals surface area contributed by atoms with Gasteiger partial charge in [0, 0.05) is 38.1 Å². The Kier molecular flexibility index (Phi) is 10.4. The molecule has 1 N–H and O–H groups in total. The zero-order valence-corrected chi connectivity index (χ0v) is 27.9. The third-order valence-corrected chi connectivity index (χ3v) is 9.62. The first-order valence-corrected chi connectivity index (χ1v) is 16.7. The minimum Gasteiger partial charge on any atom is -0.493 e. The highest BCUT2D eigenvalue weighted by molar-refractivity contribution is 6.06. The Labute approximate surface area is 281 Å². The predicted molar refractivity (Wildman–Crippen MR) is 183 cm³/mol. The number of aromatic nitrogens is 1. The minimum atomic E-state index is -0.421. The van der Waals surface area contributed by atoms with Crippen molar-refractivity contribution in [3.05, 3.63) is 88.5 Å². The molecule has 6 rings (SSSR count). The van der Waals surface area contributed by atoms with Gasteiger partial charge in [0.15, 0.2) is 11.5 Å². The Hall–Kier alpha value is -4.70. The Morgan fingerprint density at radius 2 is 1.71 bits per heavy atom. The molecule has 0 spiro atoms. The number of nitrogens with one attached hydrogen (secondary N) is 1. The number of benzene rings is 2. The molecule has 9 nitrogen and oxygen atoms in total. The lowest BCUT2D eigenvalue weighted by molar-refractivity contribution is -0.120. The van der Waals surface area contributed by atoms with Gasteiger partial charge >= 0.3 is 6.09 Å². The van der Waals surface area contributed by atoms with Crippen molar-refractivity contribution in [3.63, 3.8) is 0 Å². The topological polar surface area (TPSA) is 93.2 Å². The predicted octanol–water partition coefficient (Wildman–Crippen LogP) is 6.37. The Balaban J connectivity index is 1.20. The molecule has 0 atom stereocenters. The van der Waals surface area contributed by atoms with Crippen LogP contribution in [0.3, 0.4) is 0 Å². The van der Waals surface area contributed by atoms with Gasteiger partial charge < -0.3 is 29.3 Å². The zero-order valence-electron chi connectivity index (χ0n) is 27.9. The van der Waals surface area contributed by atoms with Crippen molar-refractivity contribution in [1.82, 2.24) is 20.1 Å². The van der Waals surface area contributed by atoms with E-state index in [4.69, 9.17) is 14.2 Å². The molecule has 0 radical (unpaired) electrons. The van der Waals surface area contributed by atoms with Crippen molar-refractivity contribution in [2.45, 2.75) is 51.5 Å². The van der Waals surface area contributed by atoms with E-state index in [1.165, 1.54) is 45.6 Å². The second-order valence-electron chi connectivity index (χ2n) is 12.6. The highest BCUT2D eigenvalue weighted by atomic mass is 19.1. The molecule has 1 aliphatic carbocycles. The molecule has 3 aromatic rings. The number of likely N-dealkylation sites (tertiary alicyclic amines) is 2. The van der Waals surface area contributed by atoms with Crippen LogP contribution in [0.5, 0.6) is 17.2 Å². The third kappa shape index (κ3) is 7.39. The average molecular weight is 655 g/mol. The van der Waals surface area contributed by atoms with E-state index in [0.29, 0.717) is 30.6 Å². The maximum Gasteiger partial charge on any atom is 0.415 e. The lowest BCUT2D eigenvalue weighted by Crippen LogP contribution is -2.48. The summed E-state index contributed by atoms with van der Waals surface area (Å²) in [7, 11) is 3.05. The lowest BCUT2D eigenvalue weighted by atomic mass is 10.00. The number of hydrogen-bond donors (Lipinski definition) is 1. The van der Waals surface area contributed by atoms with Crippen LogP contribution >= 0.6 is 0 Å². The van der Waals surface area contributed by atoms with Crippen LogP contribution < -0.4 is 19.5 Å². The summed E-state index contributed by atoms with van der Waals surface area (Å²) in [6.45, 7) is 5.80. The number of rotatable bonds is 9. The number of methoxy groups -OCH3 is 2.